The maximum atomic E-state index is 5.88. The number of ether oxygens (including phenoxy) is 1. The smallest absolute Gasteiger partial charge is 0.125 e. The van der Waals surface area contributed by atoms with Crippen molar-refractivity contribution in [1.29, 1.82) is 0 Å². The van der Waals surface area contributed by atoms with Crippen molar-refractivity contribution in [3.8, 4) is 5.75 Å². The Hall–Kier alpha value is -1.28. The van der Waals surface area contributed by atoms with E-state index in [-0.39, 0.29) is 6.10 Å². The van der Waals surface area contributed by atoms with E-state index in [1.54, 1.807) is 0 Å². The maximum Gasteiger partial charge on any atom is 0.125 e. The van der Waals surface area contributed by atoms with Gasteiger partial charge in [0.1, 0.15) is 11.9 Å². The number of benzene rings is 1. The molecule has 0 saturated heterocycles. The molecule has 0 aliphatic heterocycles. The summed E-state index contributed by atoms with van der Waals surface area (Å²) >= 11 is 0. The molecule has 2 nitrogen and oxygen atoms in total. The third-order valence-corrected chi connectivity index (χ3v) is 2.79. The molecule has 94 valence electrons. The Morgan fingerprint density at radius 1 is 1.41 bits per heavy atom. The van der Waals surface area contributed by atoms with Crippen LogP contribution in [0.25, 0.3) is 0 Å². The van der Waals surface area contributed by atoms with E-state index in [9.17, 15) is 0 Å². The first-order chi connectivity index (χ1) is 8.08. The Labute approximate surface area is 105 Å². The molecule has 0 radical (unpaired) electrons. The molecule has 0 heterocycles. The maximum absolute atomic E-state index is 5.88. The molecular weight excluding hydrogens is 210 g/mol. The minimum Gasteiger partial charge on any atom is -0.486 e. The average molecular weight is 233 g/mol. The van der Waals surface area contributed by atoms with Crippen molar-refractivity contribution >= 4 is 0 Å². The third kappa shape index (κ3) is 3.90. The molecule has 0 aromatic heterocycles. The highest BCUT2D eigenvalue weighted by Crippen LogP contribution is 2.27. The molecule has 2 unspecified atom stereocenters. The molecule has 1 aromatic rings. The summed E-state index contributed by atoms with van der Waals surface area (Å²) in [5, 5.41) is 3.41. The molecule has 0 spiro atoms. The van der Waals surface area contributed by atoms with Gasteiger partial charge in [-0.3, -0.25) is 0 Å². The molecule has 2 heteroatoms. The first-order valence-corrected chi connectivity index (χ1v) is 6.21. The van der Waals surface area contributed by atoms with Crippen LogP contribution in [-0.2, 0) is 0 Å². The lowest BCUT2D eigenvalue weighted by Gasteiger charge is -2.20. The molecule has 0 aliphatic carbocycles. The monoisotopic (exact) mass is 233 g/mol. The van der Waals surface area contributed by atoms with E-state index in [4.69, 9.17) is 4.74 Å². The number of hydrogen-bond acceptors (Lipinski definition) is 2. The molecule has 0 bridgehead atoms. The van der Waals surface area contributed by atoms with Gasteiger partial charge in [-0.25, -0.2) is 0 Å². The third-order valence-electron chi connectivity index (χ3n) is 2.79. The highest BCUT2D eigenvalue weighted by Gasteiger charge is 2.12. The molecule has 2 atom stereocenters. The van der Waals surface area contributed by atoms with Crippen LogP contribution >= 0.6 is 0 Å². The minimum absolute atomic E-state index is 0.0318. The second kappa shape index (κ2) is 6.45. The van der Waals surface area contributed by atoms with Crippen molar-refractivity contribution in [3.63, 3.8) is 0 Å². The fourth-order valence-electron chi connectivity index (χ4n) is 1.77. The first kappa shape index (κ1) is 13.8. The molecule has 0 saturated carbocycles. The molecule has 0 aliphatic rings. The normalized spacial score (nSPS) is 14.1. The Morgan fingerprint density at radius 2 is 2.12 bits per heavy atom. The number of hydrogen-bond donors (Lipinski definition) is 1. The van der Waals surface area contributed by atoms with Crippen LogP contribution in [0.1, 0.15) is 37.9 Å². The Morgan fingerprint density at radius 3 is 2.71 bits per heavy atom. The van der Waals surface area contributed by atoms with Crippen molar-refractivity contribution in [2.45, 2.75) is 39.8 Å². The van der Waals surface area contributed by atoms with Gasteiger partial charge >= 0.3 is 0 Å². The van der Waals surface area contributed by atoms with Crippen LogP contribution in [0, 0.1) is 6.92 Å². The molecule has 17 heavy (non-hydrogen) atoms. The topological polar surface area (TPSA) is 21.3 Å². The predicted octanol–water partition coefficient (Wildman–Crippen LogP) is 3.62. The van der Waals surface area contributed by atoms with Gasteiger partial charge in [0.05, 0.1) is 0 Å². The van der Waals surface area contributed by atoms with Crippen molar-refractivity contribution in [2.75, 3.05) is 6.54 Å². The lowest BCUT2D eigenvalue weighted by atomic mass is 10.0. The van der Waals surface area contributed by atoms with Crippen LogP contribution in [0.2, 0.25) is 0 Å². The average Bonchev–Trinajstić information content (AvgIpc) is 2.29. The number of aryl methyl sites for hydroxylation is 1. The molecule has 0 amide bonds. The second-order valence-corrected chi connectivity index (χ2v) is 4.38. The lowest BCUT2D eigenvalue weighted by Crippen LogP contribution is -2.19. The minimum atomic E-state index is 0.0318. The summed E-state index contributed by atoms with van der Waals surface area (Å²) in [5.74, 6) is 0.950. The van der Waals surface area contributed by atoms with Gasteiger partial charge in [-0.1, -0.05) is 31.7 Å². The fourth-order valence-corrected chi connectivity index (χ4v) is 1.77. The number of rotatable bonds is 6. The van der Waals surface area contributed by atoms with E-state index < -0.39 is 0 Å². The van der Waals surface area contributed by atoms with Crippen LogP contribution in [-0.4, -0.2) is 12.6 Å². The van der Waals surface area contributed by atoms with Crippen molar-refractivity contribution in [3.05, 3.63) is 42.0 Å². The largest absolute Gasteiger partial charge is 0.486 e. The highest BCUT2D eigenvalue weighted by atomic mass is 16.5. The van der Waals surface area contributed by atoms with Crippen LogP contribution in [0.15, 0.2) is 30.9 Å². The van der Waals surface area contributed by atoms with E-state index in [1.807, 2.05) is 13.0 Å². The molecule has 0 fully saturated rings. The van der Waals surface area contributed by atoms with Crippen molar-refractivity contribution in [1.82, 2.24) is 5.32 Å². The van der Waals surface area contributed by atoms with E-state index >= 15 is 0 Å². The fraction of sp³-hybridized carbons (Fsp3) is 0.467. The van der Waals surface area contributed by atoms with Crippen LogP contribution in [0.4, 0.5) is 0 Å². The molecule has 1 aromatic carbocycles. The van der Waals surface area contributed by atoms with Crippen LogP contribution in [0.3, 0.4) is 0 Å². The van der Waals surface area contributed by atoms with Gasteiger partial charge in [0.25, 0.3) is 0 Å². The van der Waals surface area contributed by atoms with Crippen LogP contribution in [0.5, 0.6) is 5.75 Å². The van der Waals surface area contributed by atoms with E-state index in [1.165, 1.54) is 11.1 Å². The summed E-state index contributed by atoms with van der Waals surface area (Å²) in [6, 6.07) is 6.64. The predicted molar refractivity (Wildman–Crippen MR) is 73.6 cm³/mol. The lowest BCUT2D eigenvalue weighted by molar-refractivity contribution is 0.265. The zero-order valence-electron chi connectivity index (χ0n) is 11.3. The SMILES string of the molecule is C=CC(C)Oc1cc(C)ccc1C(C)NCC. The van der Waals surface area contributed by atoms with Gasteiger partial charge in [-0.15, -0.1) is 0 Å². The second-order valence-electron chi connectivity index (χ2n) is 4.38. The summed E-state index contributed by atoms with van der Waals surface area (Å²) in [7, 11) is 0. The summed E-state index contributed by atoms with van der Waals surface area (Å²) in [6.07, 6.45) is 1.84. The van der Waals surface area contributed by atoms with Gasteiger partial charge in [-0.2, -0.15) is 0 Å². The van der Waals surface area contributed by atoms with Gasteiger partial charge in [0, 0.05) is 11.6 Å². The van der Waals surface area contributed by atoms with E-state index in [0.717, 1.165) is 12.3 Å². The zero-order chi connectivity index (χ0) is 12.8. The molecular formula is C15H23NO. The summed E-state index contributed by atoms with van der Waals surface area (Å²) in [6.45, 7) is 13.0. The molecule has 1 N–H and O–H groups in total. The highest BCUT2D eigenvalue weighted by molar-refractivity contribution is 5.39. The summed E-state index contributed by atoms with van der Waals surface area (Å²) in [4.78, 5) is 0. The first-order valence-electron chi connectivity index (χ1n) is 6.21. The van der Waals surface area contributed by atoms with Gasteiger partial charge in [-0.05, 0) is 38.9 Å². The summed E-state index contributed by atoms with van der Waals surface area (Å²) < 4.78 is 5.88. The van der Waals surface area contributed by atoms with Crippen LogP contribution < -0.4 is 10.1 Å². The van der Waals surface area contributed by atoms with Gasteiger partial charge < -0.3 is 10.1 Å². The van der Waals surface area contributed by atoms with Gasteiger partial charge in [0.15, 0.2) is 0 Å². The quantitative estimate of drug-likeness (QED) is 0.758. The van der Waals surface area contributed by atoms with Crippen molar-refractivity contribution < 1.29 is 4.74 Å². The standard InChI is InChI=1S/C15H23NO/c1-6-12(4)17-15-10-11(3)8-9-14(15)13(5)16-7-2/h6,8-10,12-13,16H,1,7H2,2-5H3. The Bertz CT molecular complexity index is 373. The zero-order valence-corrected chi connectivity index (χ0v) is 11.3. The van der Waals surface area contributed by atoms with Crippen molar-refractivity contribution in [2.24, 2.45) is 0 Å². The van der Waals surface area contributed by atoms with E-state index in [0.29, 0.717) is 6.04 Å². The number of nitrogens with one attached hydrogen (secondary N) is 1. The Balaban J connectivity index is 2.98. The van der Waals surface area contributed by atoms with Gasteiger partial charge in [0.2, 0.25) is 0 Å². The molecule has 1 rings (SSSR count). The summed E-state index contributed by atoms with van der Waals surface area (Å²) in [5.41, 5.74) is 2.41. The van der Waals surface area contributed by atoms with E-state index in [2.05, 4.69) is 50.9 Å². The Kier molecular flexibility index (Phi) is 5.23.